The van der Waals surface area contributed by atoms with Crippen molar-refractivity contribution in [2.24, 2.45) is 10.9 Å². The molecule has 25 heavy (non-hydrogen) atoms. The van der Waals surface area contributed by atoms with Crippen LogP contribution >= 0.6 is 0 Å². The average Bonchev–Trinajstić information content (AvgIpc) is 3.07. The third-order valence-corrected chi connectivity index (χ3v) is 4.54. The minimum atomic E-state index is 0.651. The first-order chi connectivity index (χ1) is 12.2. The normalized spacial score (nSPS) is 18.4. The molecule has 1 atom stereocenters. The van der Waals surface area contributed by atoms with Crippen LogP contribution in [0, 0.1) is 5.92 Å². The first kappa shape index (κ1) is 19.6. The van der Waals surface area contributed by atoms with E-state index in [1.165, 1.54) is 32.5 Å². The van der Waals surface area contributed by atoms with E-state index in [1.807, 2.05) is 30.3 Å². The summed E-state index contributed by atoms with van der Waals surface area (Å²) in [5, 5.41) is 3.40. The second-order valence-corrected chi connectivity index (χ2v) is 6.73. The molecule has 1 heterocycles. The van der Waals surface area contributed by atoms with E-state index >= 15 is 0 Å². The van der Waals surface area contributed by atoms with Crippen LogP contribution < -0.4 is 10.1 Å². The van der Waals surface area contributed by atoms with Gasteiger partial charge in [-0.1, -0.05) is 25.1 Å². The van der Waals surface area contributed by atoms with Crippen molar-refractivity contribution < 1.29 is 4.74 Å². The Morgan fingerprint density at radius 2 is 2.12 bits per heavy atom. The third-order valence-electron chi connectivity index (χ3n) is 4.54. The summed E-state index contributed by atoms with van der Waals surface area (Å²) in [5.74, 6) is 2.59. The minimum absolute atomic E-state index is 0.651. The zero-order chi connectivity index (χ0) is 17.9. The van der Waals surface area contributed by atoms with Crippen molar-refractivity contribution in [1.82, 2.24) is 15.1 Å². The maximum Gasteiger partial charge on any atom is 0.193 e. The fourth-order valence-electron chi connectivity index (χ4n) is 3.19. The molecule has 1 unspecified atom stereocenters. The lowest BCUT2D eigenvalue weighted by Crippen LogP contribution is -2.41. The maximum atomic E-state index is 5.79. The van der Waals surface area contributed by atoms with Gasteiger partial charge in [-0.15, -0.1) is 0 Å². The topological polar surface area (TPSA) is 40.1 Å². The van der Waals surface area contributed by atoms with Crippen molar-refractivity contribution >= 4 is 5.96 Å². The highest BCUT2D eigenvalue weighted by Crippen LogP contribution is 2.16. The lowest BCUT2D eigenvalue weighted by molar-refractivity contribution is 0.281. The van der Waals surface area contributed by atoms with Gasteiger partial charge >= 0.3 is 0 Å². The van der Waals surface area contributed by atoms with E-state index in [0.717, 1.165) is 31.3 Å². The number of benzene rings is 1. The molecule has 0 aliphatic carbocycles. The van der Waals surface area contributed by atoms with Gasteiger partial charge in [0, 0.05) is 26.7 Å². The Labute approximate surface area is 153 Å². The zero-order valence-corrected chi connectivity index (χ0v) is 16.1. The van der Waals surface area contributed by atoms with Gasteiger partial charge in [0.05, 0.1) is 6.54 Å². The smallest absolute Gasteiger partial charge is 0.193 e. The number of hydrogen-bond donors (Lipinski definition) is 1. The fourth-order valence-corrected chi connectivity index (χ4v) is 3.19. The fraction of sp³-hybridized carbons (Fsp3) is 0.650. The van der Waals surface area contributed by atoms with Crippen LogP contribution in [0.25, 0.3) is 0 Å². The summed E-state index contributed by atoms with van der Waals surface area (Å²) in [6.45, 7) is 11.3. The lowest BCUT2D eigenvalue weighted by Gasteiger charge is -2.22. The van der Waals surface area contributed by atoms with Crippen LogP contribution in [0.15, 0.2) is 35.3 Å². The number of aliphatic imine (C=N–C) groups is 1. The molecule has 1 aromatic rings. The lowest BCUT2D eigenvalue weighted by atomic mass is 10.1. The van der Waals surface area contributed by atoms with E-state index < -0.39 is 0 Å². The first-order valence-electron chi connectivity index (χ1n) is 9.62. The quantitative estimate of drug-likeness (QED) is 0.551. The predicted molar refractivity (Wildman–Crippen MR) is 105 cm³/mol. The van der Waals surface area contributed by atoms with Crippen molar-refractivity contribution in [3.63, 3.8) is 0 Å². The zero-order valence-electron chi connectivity index (χ0n) is 16.1. The van der Waals surface area contributed by atoms with Gasteiger partial charge in [0.25, 0.3) is 0 Å². The maximum absolute atomic E-state index is 5.79. The number of rotatable bonds is 9. The molecule has 1 aromatic carbocycles. The van der Waals surface area contributed by atoms with Gasteiger partial charge in [-0.05, 0) is 50.9 Å². The Hall–Kier alpha value is -1.75. The van der Waals surface area contributed by atoms with E-state index in [0.29, 0.717) is 12.5 Å². The van der Waals surface area contributed by atoms with E-state index in [9.17, 15) is 0 Å². The Balaban J connectivity index is 1.77. The van der Waals surface area contributed by atoms with Gasteiger partial charge in [0.1, 0.15) is 12.4 Å². The van der Waals surface area contributed by atoms with Crippen molar-refractivity contribution in [3.05, 3.63) is 30.3 Å². The van der Waals surface area contributed by atoms with Crippen molar-refractivity contribution in [1.29, 1.82) is 0 Å². The molecule has 1 fully saturated rings. The number of likely N-dealkylation sites (tertiary alicyclic amines) is 1. The summed E-state index contributed by atoms with van der Waals surface area (Å²) in [4.78, 5) is 9.58. The summed E-state index contributed by atoms with van der Waals surface area (Å²) in [7, 11) is 2.08. The van der Waals surface area contributed by atoms with Gasteiger partial charge in [-0.2, -0.15) is 0 Å². The number of nitrogens with zero attached hydrogens (tertiary/aromatic N) is 3. The molecule has 5 heteroatoms. The van der Waals surface area contributed by atoms with E-state index in [2.05, 4.69) is 36.0 Å². The number of nitrogens with one attached hydrogen (secondary N) is 1. The average molecular weight is 347 g/mol. The third kappa shape index (κ3) is 6.94. The predicted octanol–water partition coefficient (Wildman–Crippen LogP) is 2.69. The molecule has 1 aliphatic rings. The molecule has 0 radical (unpaired) electrons. The van der Waals surface area contributed by atoms with Crippen LogP contribution in [0.4, 0.5) is 0 Å². The SMILES string of the molecule is CCCN1CCC(CN=C(NCC)N(C)CCOc2ccccc2)C1. The number of ether oxygens (including phenoxy) is 1. The van der Waals surface area contributed by atoms with Crippen LogP contribution in [0.2, 0.25) is 0 Å². The number of guanidine groups is 1. The van der Waals surface area contributed by atoms with Gasteiger partial charge in [-0.3, -0.25) is 4.99 Å². The van der Waals surface area contributed by atoms with Crippen molar-refractivity contribution in [2.45, 2.75) is 26.7 Å². The number of hydrogen-bond acceptors (Lipinski definition) is 3. The Kier molecular flexibility index (Phi) is 8.60. The molecule has 1 N–H and O–H groups in total. The highest BCUT2D eigenvalue weighted by molar-refractivity contribution is 5.79. The van der Waals surface area contributed by atoms with Crippen LogP contribution in [0.1, 0.15) is 26.7 Å². The molecule has 0 amide bonds. The summed E-state index contributed by atoms with van der Waals surface area (Å²) in [6, 6.07) is 9.96. The molecule has 0 saturated carbocycles. The van der Waals surface area contributed by atoms with Gasteiger partial charge < -0.3 is 19.9 Å². The molecule has 1 aliphatic heterocycles. The van der Waals surface area contributed by atoms with Gasteiger partial charge in [0.2, 0.25) is 0 Å². The van der Waals surface area contributed by atoms with Crippen molar-refractivity contribution in [2.75, 3.05) is 52.9 Å². The van der Waals surface area contributed by atoms with E-state index in [4.69, 9.17) is 9.73 Å². The molecular weight excluding hydrogens is 312 g/mol. The summed E-state index contributed by atoms with van der Waals surface area (Å²) in [6.07, 6.45) is 2.51. The molecule has 1 saturated heterocycles. The molecule has 2 rings (SSSR count). The molecule has 0 bridgehead atoms. The Morgan fingerprint density at radius 1 is 1.32 bits per heavy atom. The molecular formula is C20H34N4O. The number of likely N-dealkylation sites (N-methyl/N-ethyl adjacent to an activating group) is 1. The molecule has 5 nitrogen and oxygen atoms in total. The summed E-state index contributed by atoms with van der Waals surface area (Å²) >= 11 is 0. The van der Waals surface area contributed by atoms with Crippen LogP contribution in [0.5, 0.6) is 5.75 Å². The summed E-state index contributed by atoms with van der Waals surface area (Å²) < 4.78 is 5.79. The second-order valence-electron chi connectivity index (χ2n) is 6.73. The van der Waals surface area contributed by atoms with Crippen molar-refractivity contribution in [3.8, 4) is 5.75 Å². The largest absolute Gasteiger partial charge is 0.492 e. The highest BCUT2D eigenvalue weighted by atomic mass is 16.5. The molecule has 0 spiro atoms. The first-order valence-corrected chi connectivity index (χ1v) is 9.62. The monoisotopic (exact) mass is 346 g/mol. The standard InChI is InChI=1S/C20H34N4O/c1-4-12-24-13-11-18(17-24)16-22-20(21-5-2)23(3)14-15-25-19-9-7-6-8-10-19/h6-10,18H,4-5,11-17H2,1-3H3,(H,21,22). The Morgan fingerprint density at radius 3 is 2.84 bits per heavy atom. The molecule has 140 valence electrons. The van der Waals surface area contributed by atoms with Crippen LogP contribution in [-0.2, 0) is 0 Å². The minimum Gasteiger partial charge on any atom is -0.492 e. The highest BCUT2D eigenvalue weighted by Gasteiger charge is 2.21. The number of para-hydroxylation sites is 1. The Bertz CT molecular complexity index is 506. The van der Waals surface area contributed by atoms with Gasteiger partial charge in [0.15, 0.2) is 5.96 Å². The van der Waals surface area contributed by atoms with Crippen LogP contribution in [-0.4, -0.2) is 68.7 Å². The summed E-state index contributed by atoms with van der Waals surface area (Å²) in [5.41, 5.74) is 0. The van der Waals surface area contributed by atoms with E-state index in [-0.39, 0.29) is 0 Å². The van der Waals surface area contributed by atoms with Crippen LogP contribution in [0.3, 0.4) is 0 Å². The van der Waals surface area contributed by atoms with Gasteiger partial charge in [-0.25, -0.2) is 0 Å². The second kappa shape index (κ2) is 11.0. The van der Waals surface area contributed by atoms with E-state index in [1.54, 1.807) is 0 Å². The molecule has 0 aromatic heterocycles.